The molecule has 32 heavy (non-hydrogen) atoms. The summed E-state index contributed by atoms with van der Waals surface area (Å²) in [5, 5.41) is 16.7. The molecule has 1 aliphatic heterocycles. The number of rotatable bonds is 8. The third kappa shape index (κ3) is 5.03. The molecule has 1 aliphatic rings. The highest BCUT2D eigenvalue weighted by molar-refractivity contribution is 5.95. The molecule has 0 radical (unpaired) electrons. The summed E-state index contributed by atoms with van der Waals surface area (Å²) in [4.78, 5) is 21.8. The monoisotopic (exact) mass is 431 g/mol. The third-order valence-corrected chi connectivity index (χ3v) is 5.63. The fraction of sp³-hybridized carbons (Fsp3) is 0.250. The molecule has 4 rings (SSSR count). The van der Waals surface area contributed by atoms with Crippen LogP contribution in [0.1, 0.15) is 18.4 Å². The summed E-state index contributed by atoms with van der Waals surface area (Å²) >= 11 is 0. The number of aliphatic carboxylic acids is 1. The maximum atomic E-state index is 11.2. The summed E-state index contributed by atoms with van der Waals surface area (Å²) in [7, 11) is 0. The summed E-state index contributed by atoms with van der Waals surface area (Å²) in [5.41, 5.74) is 8.28. The van der Waals surface area contributed by atoms with E-state index in [-0.39, 0.29) is 24.2 Å². The summed E-state index contributed by atoms with van der Waals surface area (Å²) in [5.74, 6) is 0.785. The van der Waals surface area contributed by atoms with Crippen molar-refractivity contribution >= 4 is 17.6 Å². The van der Waals surface area contributed by atoms with Crippen molar-refractivity contribution in [2.45, 2.75) is 18.9 Å². The highest BCUT2D eigenvalue weighted by Gasteiger charge is 2.34. The summed E-state index contributed by atoms with van der Waals surface area (Å²) < 4.78 is 6.05. The van der Waals surface area contributed by atoms with E-state index in [9.17, 15) is 9.90 Å². The van der Waals surface area contributed by atoms with E-state index < -0.39 is 5.97 Å². The number of nitrogens with zero attached hydrogens (tertiary/aromatic N) is 3. The van der Waals surface area contributed by atoms with Gasteiger partial charge in [-0.3, -0.25) is 15.2 Å². The Balaban J connectivity index is 1.42. The molecule has 2 heterocycles. The largest absolute Gasteiger partial charge is 0.491 e. The predicted molar refractivity (Wildman–Crippen MR) is 122 cm³/mol. The van der Waals surface area contributed by atoms with Gasteiger partial charge in [0.25, 0.3) is 0 Å². The standard InChI is InChI=1S/C24H25N5O3/c25-24(26)19-3-1-17(2-4-19)18-5-7-21(8-6-18)32-15-20-11-16(12-23(30)31)14-29(20)22-13-27-9-10-28-22/h1-10,13,16,20H,11-12,14-15H2,(H3,25,26)(H,30,31)/t16-,20-/m0/s1. The Labute approximate surface area is 186 Å². The van der Waals surface area contributed by atoms with Gasteiger partial charge in [-0.05, 0) is 35.6 Å². The van der Waals surface area contributed by atoms with Crippen molar-refractivity contribution in [2.75, 3.05) is 18.1 Å². The Morgan fingerprint density at radius 1 is 1.12 bits per heavy atom. The van der Waals surface area contributed by atoms with Crippen molar-refractivity contribution in [2.24, 2.45) is 11.7 Å². The minimum Gasteiger partial charge on any atom is -0.491 e. The smallest absolute Gasteiger partial charge is 0.303 e. The molecule has 1 fully saturated rings. The van der Waals surface area contributed by atoms with Crippen LogP contribution in [0.2, 0.25) is 0 Å². The first-order valence-electron chi connectivity index (χ1n) is 10.4. The summed E-state index contributed by atoms with van der Waals surface area (Å²) in [6.45, 7) is 1.05. The predicted octanol–water partition coefficient (Wildman–Crippen LogP) is 3.18. The van der Waals surface area contributed by atoms with E-state index in [0.717, 1.165) is 29.1 Å². The van der Waals surface area contributed by atoms with Crippen LogP contribution in [-0.2, 0) is 4.79 Å². The van der Waals surface area contributed by atoms with Gasteiger partial charge in [0.15, 0.2) is 0 Å². The van der Waals surface area contributed by atoms with E-state index in [0.29, 0.717) is 18.7 Å². The van der Waals surface area contributed by atoms with E-state index in [1.165, 1.54) is 0 Å². The minimum absolute atomic E-state index is 0.0230. The summed E-state index contributed by atoms with van der Waals surface area (Å²) in [6.07, 6.45) is 5.81. The van der Waals surface area contributed by atoms with E-state index >= 15 is 0 Å². The molecule has 3 aromatic rings. The van der Waals surface area contributed by atoms with Crippen LogP contribution in [0, 0.1) is 11.3 Å². The average molecular weight is 431 g/mol. The zero-order valence-corrected chi connectivity index (χ0v) is 17.5. The number of benzene rings is 2. The Bertz CT molecular complexity index is 1070. The van der Waals surface area contributed by atoms with Gasteiger partial charge in [0.2, 0.25) is 0 Å². The molecular weight excluding hydrogens is 406 g/mol. The third-order valence-electron chi connectivity index (χ3n) is 5.63. The van der Waals surface area contributed by atoms with Crippen LogP contribution in [0.5, 0.6) is 5.75 Å². The molecule has 0 spiro atoms. The molecule has 8 heteroatoms. The molecule has 0 aliphatic carbocycles. The molecule has 0 unspecified atom stereocenters. The Morgan fingerprint density at radius 3 is 2.41 bits per heavy atom. The lowest BCUT2D eigenvalue weighted by atomic mass is 10.0. The lowest BCUT2D eigenvalue weighted by Gasteiger charge is -2.25. The molecular formula is C24H25N5O3. The maximum absolute atomic E-state index is 11.2. The molecule has 1 saturated heterocycles. The van der Waals surface area contributed by atoms with Gasteiger partial charge in [0, 0.05) is 30.9 Å². The summed E-state index contributed by atoms with van der Waals surface area (Å²) in [6, 6.07) is 15.4. The number of nitrogen functional groups attached to an aromatic ring is 1. The number of amidine groups is 1. The van der Waals surface area contributed by atoms with Gasteiger partial charge in [0.1, 0.15) is 24.0 Å². The number of hydrogen-bond acceptors (Lipinski definition) is 6. The minimum atomic E-state index is -0.789. The van der Waals surface area contributed by atoms with E-state index in [2.05, 4.69) is 14.9 Å². The SMILES string of the molecule is N=C(N)c1ccc(-c2ccc(OC[C@@H]3C[C@@H](CC(=O)O)CN3c3cnccn3)cc2)cc1. The van der Waals surface area contributed by atoms with Gasteiger partial charge >= 0.3 is 5.97 Å². The van der Waals surface area contributed by atoms with Crippen LogP contribution < -0.4 is 15.4 Å². The number of aromatic nitrogens is 2. The van der Waals surface area contributed by atoms with Gasteiger partial charge in [0.05, 0.1) is 12.2 Å². The van der Waals surface area contributed by atoms with Gasteiger partial charge in [-0.2, -0.15) is 0 Å². The van der Waals surface area contributed by atoms with Gasteiger partial charge in [-0.25, -0.2) is 4.98 Å². The number of carboxylic acids is 1. The van der Waals surface area contributed by atoms with Crippen LogP contribution in [-0.4, -0.2) is 46.1 Å². The molecule has 4 N–H and O–H groups in total. The number of hydrogen-bond donors (Lipinski definition) is 3. The number of carbonyl (C=O) groups is 1. The van der Waals surface area contributed by atoms with E-state index in [4.69, 9.17) is 15.9 Å². The first-order chi connectivity index (χ1) is 15.5. The highest BCUT2D eigenvalue weighted by Crippen LogP contribution is 2.30. The van der Waals surface area contributed by atoms with Crippen molar-refractivity contribution in [3.8, 4) is 16.9 Å². The number of nitrogens with two attached hydrogens (primary N) is 1. The molecule has 164 valence electrons. The van der Waals surface area contributed by atoms with Crippen molar-refractivity contribution in [3.05, 3.63) is 72.7 Å². The average Bonchev–Trinajstić information content (AvgIpc) is 3.20. The quantitative estimate of drug-likeness (QED) is 0.369. The van der Waals surface area contributed by atoms with Crippen LogP contribution in [0.25, 0.3) is 11.1 Å². The van der Waals surface area contributed by atoms with Crippen molar-refractivity contribution in [1.29, 1.82) is 5.41 Å². The van der Waals surface area contributed by atoms with Crippen LogP contribution >= 0.6 is 0 Å². The molecule has 0 saturated carbocycles. The topological polar surface area (TPSA) is 125 Å². The molecule has 0 bridgehead atoms. The van der Waals surface area contributed by atoms with Gasteiger partial charge in [-0.15, -0.1) is 0 Å². The van der Waals surface area contributed by atoms with Crippen molar-refractivity contribution < 1.29 is 14.6 Å². The first kappa shape index (κ1) is 21.3. The fourth-order valence-corrected chi connectivity index (χ4v) is 4.07. The second kappa shape index (κ2) is 9.47. The zero-order valence-electron chi connectivity index (χ0n) is 17.5. The van der Waals surface area contributed by atoms with Crippen molar-refractivity contribution in [3.63, 3.8) is 0 Å². The second-order valence-corrected chi connectivity index (χ2v) is 7.90. The number of ether oxygens (including phenoxy) is 1. The molecule has 8 nitrogen and oxygen atoms in total. The van der Waals surface area contributed by atoms with Gasteiger partial charge < -0.3 is 20.5 Å². The Morgan fingerprint density at radius 2 is 1.81 bits per heavy atom. The van der Waals surface area contributed by atoms with Crippen LogP contribution in [0.3, 0.4) is 0 Å². The molecule has 2 atom stereocenters. The fourth-order valence-electron chi connectivity index (χ4n) is 4.07. The van der Waals surface area contributed by atoms with Gasteiger partial charge in [-0.1, -0.05) is 36.4 Å². The van der Waals surface area contributed by atoms with Crippen molar-refractivity contribution in [1.82, 2.24) is 9.97 Å². The lowest BCUT2D eigenvalue weighted by molar-refractivity contribution is -0.137. The Hall–Kier alpha value is -3.94. The number of carboxylic acid groups (broad SMARTS) is 1. The molecule has 2 aromatic carbocycles. The zero-order chi connectivity index (χ0) is 22.5. The first-order valence-corrected chi connectivity index (χ1v) is 10.4. The normalized spacial score (nSPS) is 17.8. The van der Waals surface area contributed by atoms with Crippen LogP contribution in [0.15, 0.2) is 67.1 Å². The van der Waals surface area contributed by atoms with E-state index in [1.807, 2.05) is 48.5 Å². The van der Waals surface area contributed by atoms with Crippen LogP contribution in [0.4, 0.5) is 5.82 Å². The number of anilines is 1. The maximum Gasteiger partial charge on any atom is 0.303 e. The molecule has 1 aromatic heterocycles. The lowest BCUT2D eigenvalue weighted by Crippen LogP contribution is -2.34. The second-order valence-electron chi connectivity index (χ2n) is 7.90. The van der Waals surface area contributed by atoms with E-state index in [1.54, 1.807) is 18.6 Å². The molecule has 0 amide bonds. The highest BCUT2D eigenvalue weighted by atomic mass is 16.5. The number of nitrogens with one attached hydrogen (secondary N) is 1. The Kier molecular flexibility index (Phi) is 6.30.